The van der Waals surface area contributed by atoms with Gasteiger partial charge in [-0.2, -0.15) is 0 Å². The summed E-state index contributed by atoms with van der Waals surface area (Å²) in [6, 6.07) is 16.0. The van der Waals surface area contributed by atoms with Crippen LogP contribution in [0, 0.1) is 6.92 Å². The van der Waals surface area contributed by atoms with E-state index in [1.54, 1.807) is 4.90 Å². The highest BCUT2D eigenvalue weighted by molar-refractivity contribution is 6.33. The largest absolute Gasteiger partial charge is 0.449 e. The smallest absolute Gasteiger partial charge is 0.409 e. The molecule has 0 atom stereocenters. The molecule has 132 valence electrons. The topological polar surface area (TPSA) is 32.8 Å². The summed E-state index contributed by atoms with van der Waals surface area (Å²) in [4.78, 5) is 16.2. The number of ether oxygens (including phenoxy) is 1. The Bertz CT molecular complexity index is 727. The fraction of sp³-hybridized carbons (Fsp3) is 0.350. The van der Waals surface area contributed by atoms with E-state index in [0.717, 1.165) is 30.2 Å². The average molecular weight is 359 g/mol. The monoisotopic (exact) mass is 358 g/mol. The highest BCUT2D eigenvalue weighted by Gasteiger charge is 2.23. The van der Waals surface area contributed by atoms with Gasteiger partial charge in [-0.1, -0.05) is 48.0 Å². The van der Waals surface area contributed by atoms with Gasteiger partial charge in [-0.15, -0.1) is 0 Å². The maximum absolute atomic E-state index is 12.2. The summed E-state index contributed by atoms with van der Waals surface area (Å²) in [6.07, 6.45) is 0.519. The summed E-state index contributed by atoms with van der Waals surface area (Å²) in [7, 11) is 0. The van der Waals surface area contributed by atoms with Gasteiger partial charge in [-0.3, -0.25) is 0 Å². The predicted molar refractivity (Wildman–Crippen MR) is 101 cm³/mol. The molecule has 2 aromatic rings. The van der Waals surface area contributed by atoms with Crippen LogP contribution in [0.2, 0.25) is 5.02 Å². The maximum Gasteiger partial charge on any atom is 0.409 e. The Morgan fingerprint density at radius 1 is 1.04 bits per heavy atom. The van der Waals surface area contributed by atoms with E-state index in [-0.39, 0.29) is 6.09 Å². The minimum absolute atomic E-state index is 0.229. The Balaban J connectivity index is 1.46. The van der Waals surface area contributed by atoms with Crippen molar-refractivity contribution in [2.75, 3.05) is 37.7 Å². The zero-order chi connectivity index (χ0) is 17.6. The first-order valence-corrected chi connectivity index (χ1v) is 8.98. The van der Waals surface area contributed by atoms with Crippen LogP contribution in [0.25, 0.3) is 0 Å². The van der Waals surface area contributed by atoms with Crippen molar-refractivity contribution in [1.82, 2.24) is 4.90 Å². The Hall–Kier alpha value is -2.20. The average Bonchev–Trinajstić information content (AvgIpc) is 2.64. The first-order chi connectivity index (χ1) is 12.1. The number of amides is 1. The molecule has 0 radical (unpaired) electrons. The molecule has 5 heteroatoms. The highest BCUT2D eigenvalue weighted by atomic mass is 35.5. The number of carbonyl (C=O) groups is 1. The lowest BCUT2D eigenvalue weighted by Crippen LogP contribution is -2.49. The van der Waals surface area contributed by atoms with Crippen LogP contribution in [0.5, 0.6) is 0 Å². The van der Waals surface area contributed by atoms with Crippen molar-refractivity contribution in [3.8, 4) is 0 Å². The van der Waals surface area contributed by atoms with E-state index in [4.69, 9.17) is 16.3 Å². The molecule has 1 saturated heterocycles. The third-order valence-corrected chi connectivity index (χ3v) is 4.91. The number of benzene rings is 2. The van der Waals surface area contributed by atoms with Gasteiger partial charge in [-0.05, 0) is 30.2 Å². The van der Waals surface area contributed by atoms with Crippen LogP contribution in [-0.4, -0.2) is 43.8 Å². The lowest BCUT2D eigenvalue weighted by atomic mass is 10.1. The standard InChI is InChI=1S/C20H23ClN2O2/c1-16-6-2-3-7-17(16)10-15-25-20(24)23-13-11-22(12-14-23)19-9-5-4-8-18(19)21/h2-9H,10-15H2,1H3. The lowest BCUT2D eigenvalue weighted by Gasteiger charge is -2.35. The molecule has 0 unspecified atom stereocenters. The van der Waals surface area contributed by atoms with Gasteiger partial charge in [0.15, 0.2) is 0 Å². The zero-order valence-corrected chi connectivity index (χ0v) is 15.2. The van der Waals surface area contributed by atoms with E-state index in [1.807, 2.05) is 36.4 Å². The van der Waals surface area contributed by atoms with Crippen molar-refractivity contribution in [1.29, 1.82) is 0 Å². The summed E-state index contributed by atoms with van der Waals surface area (Å²) in [5.41, 5.74) is 3.47. The molecule has 2 aromatic carbocycles. The van der Waals surface area contributed by atoms with Crippen molar-refractivity contribution < 1.29 is 9.53 Å². The van der Waals surface area contributed by atoms with Crippen LogP contribution < -0.4 is 4.90 Å². The number of anilines is 1. The van der Waals surface area contributed by atoms with Crippen LogP contribution >= 0.6 is 11.6 Å². The number of nitrogens with zero attached hydrogens (tertiary/aromatic N) is 2. The molecule has 25 heavy (non-hydrogen) atoms. The van der Waals surface area contributed by atoms with Crippen molar-refractivity contribution in [2.24, 2.45) is 0 Å². The number of hydrogen-bond acceptors (Lipinski definition) is 3. The van der Waals surface area contributed by atoms with Crippen LogP contribution in [-0.2, 0) is 11.2 Å². The second-order valence-electron chi connectivity index (χ2n) is 6.22. The third kappa shape index (κ3) is 4.45. The van der Waals surface area contributed by atoms with E-state index < -0.39 is 0 Å². The summed E-state index contributed by atoms with van der Waals surface area (Å²) < 4.78 is 5.45. The predicted octanol–water partition coefficient (Wildman–Crippen LogP) is 4.15. The van der Waals surface area contributed by atoms with Gasteiger partial charge in [0.2, 0.25) is 0 Å². The van der Waals surface area contributed by atoms with Gasteiger partial charge in [0, 0.05) is 32.6 Å². The van der Waals surface area contributed by atoms with Crippen molar-refractivity contribution in [3.05, 3.63) is 64.7 Å². The number of para-hydroxylation sites is 1. The minimum Gasteiger partial charge on any atom is -0.449 e. The summed E-state index contributed by atoms with van der Waals surface area (Å²) in [5, 5.41) is 0.747. The molecule has 4 nitrogen and oxygen atoms in total. The summed E-state index contributed by atoms with van der Waals surface area (Å²) in [6.45, 7) is 5.30. The second-order valence-corrected chi connectivity index (χ2v) is 6.62. The molecule has 0 aromatic heterocycles. The minimum atomic E-state index is -0.229. The van der Waals surface area contributed by atoms with Crippen LogP contribution in [0.1, 0.15) is 11.1 Å². The molecule has 1 heterocycles. The van der Waals surface area contributed by atoms with E-state index in [0.29, 0.717) is 19.7 Å². The fourth-order valence-corrected chi connectivity index (χ4v) is 3.32. The van der Waals surface area contributed by atoms with Crippen molar-refractivity contribution >= 4 is 23.4 Å². The van der Waals surface area contributed by atoms with Gasteiger partial charge in [0.25, 0.3) is 0 Å². The SMILES string of the molecule is Cc1ccccc1CCOC(=O)N1CCN(c2ccccc2Cl)CC1. The van der Waals surface area contributed by atoms with Crippen molar-refractivity contribution in [3.63, 3.8) is 0 Å². The molecule has 1 fully saturated rings. The lowest BCUT2D eigenvalue weighted by molar-refractivity contribution is 0.101. The number of hydrogen-bond donors (Lipinski definition) is 0. The number of piperazine rings is 1. The highest BCUT2D eigenvalue weighted by Crippen LogP contribution is 2.26. The molecule has 0 N–H and O–H groups in total. The zero-order valence-electron chi connectivity index (χ0n) is 14.5. The Labute approximate surface area is 154 Å². The van der Waals surface area contributed by atoms with Gasteiger partial charge in [-0.25, -0.2) is 4.79 Å². The van der Waals surface area contributed by atoms with Gasteiger partial charge in [0.05, 0.1) is 17.3 Å². The second kappa shape index (κ2) is 8.26. The molecule has 0 saturated carbocycles. The molecule has 1 amide bonds. The van der Waals surface area contributed by atoms with Crippen LogP contribution in [0.4, 0.5) is 10.5 Å². The molecule has 1 aliphatic rings. The summed E-state index contributed by atoms with van der Waals surface area (Å²) >= 11 is 6.25. The number of rotatable bonds is 4. The molecule has 0 aliphatic carbocycles. The normalized spacial score (nSPS) is 14.5. The maximum atomic E-state index is 12.2. The third-order valence-electron chi connectivity index (χ3n) is 4.59. The van der Waals surface area contributed by atoms with Gasteiger partial charge in [0.1, 0.15) is 0 Å². The molecule has 3 rings (SSSR count). The first-order valence-electron chi connectivity index (χ1n) is 8.61. The van der Waals surface area contributed by atoms with Gasteiger partial charge < -0.3 is 14.5 Å². The fourth-order valence-electron chi connectivity index (χ4n) is 3.07. The molecule has 0 bridgehead atoms. The number of carbonyl (C=O) groups excluding carboxylic acids is 1. The van der Waals surface area contributed by atoms with E-state index in [1.165, 1.54) is 11.1 Å². The quantitative estimate of drug-likeness (QED) is 0.823. The first kappa shape index (κ1) is 17.6. The molecular weight excluding hydrogens is 336 g/mol. The molecular formula is C20H23ClN2O2. The number of aryl methyl sites for hydroxylation is 1. The molecule has 1 aliphatic heterocycles. The van der Waals surface area contributed by atoms with E-state index in [2.05, 4.69) is 24.0 Å². The Kier molecular flexibility index (Phi) is 5.82. The van der Waals surface area contributed by atoms with Crippen molar-refractivity contribution in [2.45, 2.75) is 13.3 Å². The summed E-state index contributed by atoms with van der Waals surface area (Å²) in [5.74, 6) is 0. The van der Waals surface area contributed by atoms with Crippen LogP contribution in [0.3, 0.4) is 0 Å². The van der Waals surface area contributed by atoms with Gasteiger partial charge >= 0.3 is 6.09 Å². The Morgan fingerprint density at radius 3 is 2.44 bits per heavy atom. The Morgan fingerprint density at radius 2 is 1.72 bits per heavy atom. The van der Waals surface area contributed by atoms with E-state index in [9.17, 15) is 4.79 Å². The van der Waals surface area contributed by atoms with E-state index >= 15 is 0 Å². The van der Waals surface area contributed by atoms with Crippen LogP contribution in [0.15, 0.2) is 48.5 Å². The molecule has 0 spiro atoms. The number of halogens is 1.